The van der Waals surface area contributed by atoms with Crippen LogP contribution in [0.3, 0.4) is 0 Å². The van der Waals surface area contributed by atoms with Gasteiger partial charge in [0.2, 0.25) is 0 Å². The first kappa shape index (κ1) is 15.9. The SMILES string of the molecule is C=CC.CCc1c(C2CO2)ccc(C(=O)O)c1C(=O)O. The maximum absolute atomic E-state index is 11.2. The number of ether oxygens (including phenoxy) is 1. The van der Waals surface area contributed by atoms with Crippen LogP contribution < -0.4 is 0 Å². The maximum Gasteiger partial charge on any atom is 0.336 e. The fraction of sp³-hybridized carbons (Fsp3) is 0.333. The fourth-order valence-corrected chi connectivity index (χ4v) is 2.00. The van der Waals surface area contributed by atoms with Crippen LogP contribution in [0.1, 0.15) is 51.8 Å². The highest BCUT2D eigenvalue weighted by atomic mass is 16.6. The number of carboxylic acids is 2. The summed E-state index contributed by atoms with van der Waals surface area (Å²) in [6, 6.07) is 2.98. The normalized spacial score (nSPS) is 15.8. The third kappa shape index (κ3) is 3.45. The second-order valence-electron chi connectivity index (χ2n) is 4.25. The lowest BCUT2D eigenvalue weighted by molar-refractivity contribution is 0.0650. The molecule has 1 aliphatic heterocycles. The molecule has 2 rings (SSSR count). The molecule has 1 fully saturated rings. The number of aromatic carboxylic acids is 2. The summed E-state index contributed by atoms with van der Waals surface area (Å²) < 4.78 is 5.13. The zero-order valence-electron chi connectivity index (χ0n) is 11.5. The Balaban J connectivity index is 0.000000612. The van der Waals surface area contributed by atoms with Crippen molar-refractivity contribution < 1.29 is 24.5 Å². The maximum atomic E-state index is 11.2. The lowest BCUT2D eigenvalue weighted by Crippen LogP contribution is -2.13. The lowest BCUT2D eigenvalue weighted by Gasteiger charge is -2.11. The van der Waals surface area contributed by atoms with Gasteiger partial charge in [0.15, 0.2) is 0 Å². The van der Waals surface area contributed by atoms with Gasteiger partial charge in [-0.25, -0.2) is 9.59 Å². The molecule has 5 heteroatoms. The molecule has 20 heavy (non-hydrogen) atoms. The van der Waals surface area contributed by atoms with Crippen molar-refractivity contribution in [1.82, 2.24) is 0 Å². The summed E-state index contributed by atoms with van der Waals surface area (Å²) >= 11 is 0. The topological polar surface area (TPSA) is 87.1 Å². The molecule has 1 atom stereocenters. The third-order valence-electron chi connectivity index (χ3n) is 2.83. The van der Waals surface area contributed by atoms with Crippen molar-refractivity contribution in [1.29, 1.82) is 0 Å². The second kappa shape index (κ2) is 6.86. The van der Waals surface area contributed by atoms with Gasteiger partial charge in [0, 0.05) is 0 Å². The molecule has 1 saturated heterocycles. The molecule has 0 radical (unpaired) electrons. The summed E-state index contributed by atoms with van der Waals surface area (Å²) in [6.45, 7) is 7.62. The number of hydrogen-bond donors (Lipinski definition) is 2. The van der Waals surface area contributed by atoms with Gasteiger partial charge >= 0.3 is 11.9 Å². The largest absolute Gasteiger partial charge is 0.478 e. The molecule has 0 aromatic heterocycles. The van der Waals surface area contributed by atoms with Crippen molar-refractivity contribution in [2.75, 3.05) is 6.61 Å². The second-order valence-corrected chi connectivity index (χ2v) is 4.25. The van der Waals surface area contributed by atoms with Crippen LogP contribution in [-0.4, -0.2) is 28.8 Å². The molecule has 108 valence electrons. The first-order chi connectivity index (χ1) is 9.47. The van der Waals surface area contributed by atoms with Gasteiger partial charge in [-0.1, -0.05) is 19.1 Å². The van der Waals surface area contributed by atoms with Gasteiger partial charge in [-0.3, -0.25) is 0 Å². The van der Waals surface area contributed by atoms with Crippen LogP contribution in [0, 0.1) is 0 Å². The Bertz CT molecular complexity index is 529. The zero-order valence-corrected chi connectivity index (χ0v) is 11.5. The van der Waals surface area contributed by atoms with E-state index in [-0.39, 0.29) is 17.2 Å². The van der Waals surface area contributed by atoms with Crippen LogP contribution in [0.15, 0.2) is 24.8 Å². The van der Waals surface area contributed by atoms with Crippen LogP contribution >= 0.6 is 0 Å². The standard InChI is InChI=1S/C12H12O5.C3H6/c1-2-6-7(9-5-17-9)3-4-8(11(13)14)10(6)12(15)16;1-3-2/h3-4,9H,2,5H2,1H3,(H,13,14)(H,15,16);3H,1H2,2H3. The third-order valence-corrected chi connectivity index (χ3v) is 2.83. The molecule has 0 saturated carbocycles. The number of hydrogen-bond acceptors (Lipinski definition) is 3. The zero-order chi connectivity index (χ0) is 15.3. The number of epoxide rings is 1. The van der Waals surface area contributed by atoms with Crippen molar-refractivity contribution in [3.05, 3.63) is 47.0 Å². The summed E-state index contributed by atoms with van der Waals surface area (Å²) in [5.41, 5.74) is 1.06. The van der Waals surface area contributed by atoms with E-state index in [1.165, 1.54) is 6.07 Å². The highest BCUT2D eigenvalue weighted by molar-refractivity contribution is 6.03. The highest BCUT2D eigenvalue weighted by Gasteiger charge is 2.31. The van der Waals surface area contributed by atoms with Gasteiger partial charge in [0.05, 0.1) is 17.7 Å². The van der Waals surface area contributed by atoms with Crippen molar-refractivity contribution >= 4 is 11.9 Å². The van der Waals surface area contributed by atoms with Gasteiger partial charge < -0.3 is 14.9 Å². The van der Waals surface area contributed by atoms with E-state index in [9.17, 15) is 9.59 Å². The van der Waals surface area contributed by atoms with Crippen LogP contribution in [0.5, 0.6) is 0 Å². The first-order valence-electron chi connectivity index (χ1n) is 6.28. The van der Waals surface area contributed by atoms with E-state index in [0.717, 1.165) is 5.56 Å². The molecule has 0 aliphatic carbocycles. The quantitative estimate of drug-likeness (QED) is 0.653. The summed E-state index contributed by atoms with van der Waals surface area (Å²) in [4.78, 5) is 22.2. The molecular weight excluding hydrogens is 260 g/mol. The van der Waals surface area contributed by atoms with Gasteiger partial charge in [-0.05, 0) is 30.5 Å². The number of benzene rings is 1. The van der Waals surface area contributed by atoms with E-state index in [4.69, 9.17) is 14.9 Å². The van der Waals surface area contributed by atoms with Crippen LogP contribution in [-0.2, 0) is 11.2 Å². The monoisotopic (exact) mass is 278 g/mol. The average molecular weight is 278 g/mol. The number of rotatable bonds is 4. The molecule has 0 bridgehead atoms. The number of carboxylic acid groups (broad SMARTS) is 2. The van der Waals surface area contributed by atoms with Crippen molar-refractivity contribution in [2.45, 2.75) is 26.4 Å². The molecule has 1 heterocycles. The lowest BCUT2D eigenvalue weighted by atomic mass is 9.92. The Labute approximate surface area is 117 Å². The highest BCUT2D eigenvalue weighted by Crippen LogP contribution is 2.35. The van der Waals surface area contributed by atoms with E-state index >= 15 is 0 Å². The van der Waals surface area contributed by atoms with E-state index in [1.807, 2.05) is 6.92 Å². The number of allylic oxidation sites excluding steroid dienone is 1. The molecule has 0 spiro atoms. The Morgan fingerprint density at radius 3 is 2.30 bits per heavy atom. The summed E-state index contributed by atoms with van der Waals surface area (Å²) in [5.74, 6) is -2.43. The van der Waals surface area contributed by atoms with Gasteiger partial charge in [-0.15, -0.1) is 6.58 Å². The average Bonchev–Trinajstić information content (AvgIpc) is 3.21. The minimum Gasteiger partial charge on any atom is -0.478 e. The Hall–Kier alpha value is -2.14. The van der Waals surface area contributed by atoms with Gasteiger partial charge in [0.25, 0.3) is 0 Å². The van der Waals surface area contributed by atoms with Crippen molar-refractivity contribution in [3.8, 4) is 0 Å². The molecule has 2 N–H and O–H groups in total. The van der Waals surface area contributed by atoms with E-state index in [2.05, 4.69) is 6.58 Å². The van der Waals surface area contributed by atoms with Crippen molar-refractivity contribution in [3.63, 3.8) is 0 Å². The molecule has 0 amide bonds. The molecule has 1 aliphatic rings. The summed E-state index contributed by atoms with van der Waals surface area (Å²) in [5, 5.41) is 18.1. The van der Waals surface area contributed by atoms with E-state index < -0.39 is 11.9 Å². The van der Waals surface area contributed by atoms with Crippen LogP contribution in [0.4, 0.5) is 0 Å². The Morgan fingerprint density at radius 1 is 1.40 bits per heavy atom. The summed E-state index contributed by atoms with van der Waals surface area (Å²) in [7, 11) is 0. The molecule has 1 aromatic carbocycles. The molecular formula is C15H18O5. The number of carbonyl (C=O) groups is 2. The Morgan fingerprint density at radius 2 is 1.95 bits per heavy atom. The Kier molecular flexibility index (Phi) is 5.46. The summed E-state index contributed by atoms with van der Waals surface area (Å²) in [6.07, 6.45) is 2.14. The molecule has 1 unspecified atom stereocenters. The predicted octanol–water partition coefficient (Wildman–Crippen LogP) is 2.91. The minimum atomic E-state index is -1.22. The van der Waals surface area contributed by atoms with E-state index in [1.54, 1.807) is 19.1 Å². The first-order valence-corrected chi connectivity index (χ1v) is 6.28. The van der Waals surface area contributed by atoms with Gasteiger partial charge in [0.1, 0.15) is 6.10 Å². The van der Waals surface area contributed by atoms with Crippen molar-refractivity contribution in [2.24, 2.45) is 0 Å². The van der Waals surface area contributed by atoms with Crippen LogP contribution in [0.2, 0.25) is 0 Å². The predicted molar refractivity (Wildman–Crippen MR) is 74.3 cm³/mol. The fourth-order valence-electron chi connectivity index (χ4n) is 2.00. The van der Waals surface area contributed by atoms with E-state index in [0.29, 0.717) is 18.6 Å². The minimum absolute atomic E-state index is 0.0779. The molecule has 1 aromatic rings. The molecule has 5 nitrogen and oxygen atoms in total. The smallest absolute Gasteiger partial charge is 0.336 e. The van der Waals surface area contributed by atoms with Crippen LogP contribution in [0.25, 0.3) is 0 Å². The van der Waals surface area contributed by atoms with Gasteiger partial charge in [-0.2, -0.15) is 0 Å².